The quantitative estimate of drug-likeness (QED) is 0.610. The molecule has 0 unspecified atom stereocenters. The minimum atomic E-state index is 0.352. The molecule has 0 fully saturated rings. The monoisotopic (exact) mass is 141 g/mol. The van der Waals surface area contributed by atoms with Crippen LogP contribution in [0.1, 0.15) is 20.8 Å². The summed E-state index contributed by atoms with van der Waals surface area (Å²) in [7, 11) is 0. The van der Waals surface area contributed by atoms with Crippen molar-refractivity contribution in [3.8, 4) is 0 Å². The van der Waals surface area contributed by atoms with E-state index in [9.17, 15) is 0 Å². The molecule has 10 heavy (non-hydrogen) atoms. The van der Waals surface area contributed by atoms with Gasteiger partial charge in [0, 0.05) is 5.70 Å². The lowest BCUT2D eigenvalue weighted by Gasteiger charge is -2.02. The summed E-state index contributed by atoms with van der Waals surface area (Å²) in [5.74, 6) is 0.352. The Morgan fingerprint density at radius 2 is 2.10 bits per heavy atom. The van der Waals surface area contributed by atoms with E-state index in [2.05, 4.69) is 0 Å². The molecule has 58 valence electrons. The molecule has 0 aliphatic heterocycles. The Balaban J connectivity index is 3.68. The Hall–Kier alpha value is -0.920. The molecule has 0 radical (unpaired) electrons. The van der Waals surface area contributed by atoms with Gasteiger partial charge in [-0.3, -0.25) is 0 Å². The van der Waals surface area contributed by atoms with Gasteiger partial charge in [-0.25, -0.2) is 0 Å². The summed E-state index contributed by atoms with van der Waals surface area (Å²) < 4.78 is 4.94. The van der Waals surface area contributed by atoms with Crippen LogP contribution in [0, 0.1) is 5.92 Å². The molecule has 0 rings (SSSR count). The summed E-state index contributed by atoms with van der Waals surface area (Å²) in [5.41, 5.74) is 6.32. The van der Waals surface area contributed by atoms with Crippen LogP contribution in [0.2, 0.25) is 0 Å². The van der Waals surface area contributed by atoms with Gasteiger partial charge in [-0.15, -0.1) is 0 Å². The Bertz CT molecular complexity index is 136. The van der Waals surface area contributed by atoms with Crippen LogP contribution >= 0.6 is 0 Å². The first-order valence-corrected chi connectivity index (χ1v) is 3.40. The molecule has 0 aliphatic rings. The first-order valence-electron chi connectivity index (χ1n) is 3.40. The van der Waals surface area contributed by atoms with Crippen molar-refractivity contribution in [1.82, 2.24) is 0 Å². The van der Waals surface area contributed by atoms with Crippen molar-refractivity contribution in [2.75, 3.05) is 0 Å². The number of rotatable bonds is 3. The van der Waals surface area contributed by atoms with E-state index in [-0.39, 0.29) is 0 Å². The van der Waals surface area contributed by atoms with Crippen molar-refractivity contribution < 1.29 is 4.74 Å². The molecule has 0 bridgehead atoms. The Labute approximate surface area is 62.4 Å². The Kier molecular flexibility index (Phi) is 4.46. The molecular formula is C8H15NO. The zero-order valence-electron chi connectivity index (χ0n) is 6.79. The van der Waals surface area contributed by atoms with Gasteiger partial charge in [0.2, 0.25) is 0 Å². The lowest BCUT2D eigenvalue weighted by molar-refractivity contribution is 0.391. The molecule has 0 aromatic rings. The molecule has 0 saturated carbocycles. The molecule has 0 aromatic heterocycles. The van der Waals surface area contributed by atoms with Crippen LogP contribution in [0.15, 0.2) is 24.3 Å². The summed E-state index contributed by atoms with van der Waals surface area (Å²) in [5, 5.41) is 0. The molecule has 0 aliphatic carbocycles. The maximum atomic E-state index is 5.56. The predicted octanol–water partition coefficient (Wildman–Crippen LogP) is 1.99. The maximum Gasteiger partial charge on any atom is 0.109 e. The van der Waals surface area contributed by atoms with Crippen molar-refractivity contribution in [2.24, 2.45) is 11.7 Å². The number of hydrogen-bond acceptors (Lipinski definition) is 2. The summed E-state index contributed by atoms with van der Waals surface area (Å²) in [6.45, 7) is 5.93. The van der Waals surface area contributed by atoms with Crippen molar-refractivity contribution in [3.63, 3.8) is 0 Å². The van der Waals surface area contributed by atoms with Crippen LogP contribution < -0.4 is 5.73 Å². The van der Waals surface area contributed by atoms with Crippen LogP contribution in [0.4, 0.5) is 0 Å². The number of nitrogens with two attached hydrogens (primary N) is 1. The van der Waals surface area contributed by atoms with Gasteiger partial charge in [-0.2, -0.15) is 0 Å². The van der Waals surface area contributed by atoms with E-state index in [1.165, 1.54) is 0 Å². The molecule has 2 heteroatoms. The highest BCUT2D eigenvalue weighted by Crippen LogP contribution is 2.01. The SMILES string of the molecule is C/C=C\O/C=C(\N)C(C)C. The van der Waals surface area contributed by atoms with Gasteiger partial charge in [0.1, 0.15) is 6.26 Å². The minimum Gasteiger partial charge on any atom is -0.471 e. The van der Waals surface area contributed by atoms with E-state index in [1.807, 2.05) is 26.8 Å². The molecule has 0 heterocycles. The molecule has 0 saturated heterocycles. The van der Waals surface area contributed by atoms with Crippen molar-refractivity contribution in [2.45, 2.75) is 20.8 Å². The zero-order chi connectivity index (χ0) is 7.98. The molecule has 0 amide bonds. The van der Waals surface area contributed by atoms with E-state index in [0.29, 0.717) is 5.92 Å². The van der Waals surface area contributed by atoms with Gasteiger partial charge in [0.05, 0.1) is 6.26 Å². The Morgan fingerprint density at radius 3 is 2.50 bits per heavy atom. The van der Waals surface area contributed by atoms with Gasteiger partial charge >= 0.3 is 0 Å². The molecule has 2 nitrogen and oxygen atoms in total. The highest BCUT2D eigenvalue weighted by atomic mass is 16.5. The smallest absolute Gasteiger partial charge is 0.109 e. The topological polar surface area (TPSA) is 35.2 Å². The predicted molar refractivity (Wildman–Crippen MR) is 43.0 cm³/mol. The molecular weight excluding hydrogens is 126 g/mol. The van der Waals surface area contributed by atoms with Gasteiger partial charge < -0.3 is 10.5 Å². The normalized spacial score (nSPS) is 13.0. The fourth-order valence-corrected chi connectivity index (χ4v) is 0.333. The van der Waals surface area contributed by atoms with E-state index >= 15 is 0 Å². The highest BCUT2D eigenvalue weighted by Gasteiger charge is 1.94. The average molecular weight is 141 g/mol. The zero-order valence-corrected chi connectivity index (χ0v) is 6.79. The third-order valence-corrected chi connectivity index (χ3v) is 1.09. The lowest BCUT2D eigenvalue weighted by atomic mass is 10.2. The summed E-state index contributed by atoms with van der Waals surface area (Å²) in [6.07, 6.45) is 4.96. The molecule has 0 spiro atoms. The van der Waals surface area contributed by atoms with Gasteiger partial charge in [-0.05, 0) is 12.8 Å². The third-order valence-electron chi connectivity index (χ3n) is 1.09. The second-order valence-corrected chi connectivity index (χ2v) is 2.38. The average Bonchev–Trinajstić information content (AvgIpc) is 1.88. The largest absolute Gasteiger partial charge is 0.471 e. The summed E-state index contributed by atoms with van der Waals surface area (Å²) in [6, 6.07) is 0. The number of hydrogen-bond donors (Lipinski definition) is 1. The third kappa shape index (κ3) is 4.01. The van der Waals surface area contributed by atoms with Gasteiger partial charge in [0.25, 0.3) is 0 Å². The Morgan fingerprint density at radius 1 is 1.50 bits per heavy atom. The van der Waals surface area contributed by atoms with E-state index < -0.39 is 0 Å². The van der Waals surface area contributed by atoms with E-state index in [4.69, 9.17) is 10.5 Å². The number of ether oxygens (including phenoxy) is 1. The van der Waals surface area contributed by atoms with Crippen LogP contribution in [-0.4, -0.2) is 0 Å². The fraction of sp³-hybridized carbons (Fsp3) is 0.500. The summed E-state index contributed by atoms with van der Waals surface area (Å²) >= 11 is 0. The van der Waals surface area contributed by atoms with Crippen molar-refractivity contribution in [3.05, 3.63) is 24.3 Å². The van der Waals surface area contributed by atoms with Crippen molar-refractivity contribution >= 4 is 0 Å². The lowest BCUT2D eigenvalue weighted by Crippen LogP contribution is -2.04. The first-order chi connectivity index (χ1) is 4.68. The highest BCUT2D eigenvalue weighted by molar-refractivity contribution is 4.95. The molecule has 2 N–H and O–H groups in total. The van der Waals surface area contributed by atoms with Gasteiger partial charge in [-0.1, -0.05) is 19.9 Å². The number of allylic oxidation sites excluding steroid dienone is 2. The second kappa shape index (κ2) is 4.91. The van der Waals surface area contributed by atoms with E-state index in [1.54, 1.807) is 12.5 Å². The van der Waals surface area contributed by atoms with Crippen molar-refractivity contribution in [1.29, 1.82) is 0 Å². The second-order valence-electron chi connectivity index (χ2n) is 2.38. The van der Waals surface area contributed by atoms with Crippen LogP contribution in [0.25, 0.3) is 0 Å². The molecule has 0 aromatic carbocycles. The summed E-state index contributed by atoms with van der Waals surface area (Å²) in [4.78, 5) is 0. The minimum absolute atomic E-state index is 0.352. The molecule has 0 atom stereocenters. The van der Waals surface area contributed by atoms with Crippen LogP contribution in [-0.2, 0) is 4.74 Å². The standard InChI is InChI=1S/C8H15NO/c1-4-5-10-6-8(9)7(2)3/h4-7H,9H2,1-3H3/b5-4-,8-6-. The first kappa shape index (κ1) is 9.08. The fourth-order valence-electron chi connectivity index (χ4n) is 0.333. The maximum absolute atomic E-state index is 5.56. The van der Waals surface area contributed by atoms with Crippen LogP contribution in [0.3, 0.4) is 0 Å². The van der Waals surface area contributed by atoms with Gasteiger partial charge in [0.15, 0.2) is 0 Å². The van der Waals surface area contributed by atoms with Crippen LogP contribution in [0.5, 0.6) is 0 Å². The van der Waals surface area contributed by atoms with E-state index in [0.717, 1.165) is 5.70 Å².